The fraction of sp³-hybridized carbons (Fsp3) is 0.722. The van der Waals surface area contributed by atoms with Crippen LogP contribution in [0.1, 0.15) is 48.5 Å². The van der Waals surface area contributed by atoms with Crippen LogP contribution in [0.2, 0.25) is 0 Å². The summed E-state index contributed by atoms with van der Waals surface area (Å²) in [7, 11) is 0. The van der Waals surface area contributed by atoms with Gasteiger partial charge in [-0.05, 0) is 45.0 Å². The minimum Gasteiger partial charge on any atom is -2.00 e. The summed E-state index contributed by atoms with van der Waals surface area (Å²) in [5.74, 6) is -0.311. The Morgan fingerprint density at radius 3 is 2.10 bits per heavy atom. The van der Waals surface area contributed by atoms with Crippen molar-refractivity contribution in [3.05, 3.63) is 22.5 Å². The molecule has 0 amide bonds. The van der Waals surface area contributed by atoms with Crippen LogP contribution in [0.25, 0.3) is 0 Å². The van der Waals surface area contributed by atoms with Crippen LogP contribution in [-0.2, 0) is 32.1 Å². The van der Waals surface area contributed by atoms with Crippen LogP contribution >= 0.6 is 0 Å². The Hall–Kier alpha value is -1.92. The van der Waals surface area contributed by atoms with Crippen molar-refractivity contribution in [2.75, 3.05) is 13.1 Å². The summed E-state index contributed by atoms with van der Waals surface area (Å²) >= 11 is 0. The summed E-state index contributed by atoms with van der Waals surface area (Å²) in [6.45, 7) is 14.7. The number of aromatic nitrogens is 2. The minimum atomic E-state index is -0.720. The second-order valence-corrected chi connectivity index (χ2v) is 8.97. The SMILES string of the molecule is C/C(=N\O)C(C)(C)NCC(C)(C)CNC(C)(C)/C(Cn1ccnc1[N+](=O)[O-])=N/O.[O-2].[Tc+5]. The molecule has 0 aliphatic heterocycles. The van der Waals surface area contributed by atoms with Gasteiger partial charge in [0.15, 0.2) is 0 Å². The summed E-state index contributed by atoms with van der Waals surface area (Å²) in [6.07, 6.45) is 2.81. The van der Waals surface area contributed by atoms with Crippen LogP contribution in [0, 0.1) is 15.5 Å². The van der Waals surface area contributed by atoms with E-state index in [4.69, 9.17) is 5.21 Å². The molecule has 0 fully saturated rings. The van der Waals surface area contributed by atoms with Gasteiger partial charge in [-0.2, -0.15) is 0 Å². The van der Waals surface area contributed by atoms with Crippen molar-refractivity contribution in [3.63, 3.8) is 0 Å². The van der Waals surface area contributed by atoms with Crippen LogP contribution in [0.3, 0.4) is 0 Å². The number of nitrogens with one attached hydrogen (secondary N) is 2. The van der Waals surface area contributed by atoms with Crippen LogP contribution in [-0.4, -0.2) is 60.5 Å². The molecule has 13 heteroatoms. The van der Waals surface area contributed by atoms with E-state index in [2.05, 4.69) is 39.8 Å². The Labute approximate surface area is 196 Å². The number of nitrogens with zero attached hydrogens (tertiary/aromatic N) is 5. The molecule has 0 bridgehead atoms. The molecule has 0 radical (unpaired) electrons. The van der Waals surface area contributed by atoms with E-state index in [1.165, 1.54) is 17.0 Å². The summed E-state index contributed by atoms with van der Waals surface area (Å²) in [5, 5.41) is 43.0. The van der Waals surface area contributed by atoms with E-state index in [-0.39, 0.29) is 43.5 Å². The van der Waals surface area contributed by atoms with Gasteiger partial charge in [0.05, 0.1) is 16.8 Å². The monoisotopic (exact) mass is 524 g/mol. The van der Waals surface area contributed by atoms with E-state index in [9.17, 15) is 15.3 Å². The molecule has 1 rings (SSSR count). The molecule has 1 aromatic heterocycles. The first-order chi connectivity index (χ1) is 13.3. The van der Waals surface area contributed by atoms with Crippen LogP contribution in [0.15, 0.2) is 22.7 Å². The number of hydrogen-bond acceptors (Lipinski definition) is 9. The van der Waals surface area contributed by atoms with Gasteiger partial charge in [0.25, 0.3) is 0 Å². The molecule has 0 unspecified atom stereocenters. The fourth-order valence-electron chi connectivity index (χ4n) is 2.45. The molecule has 12 nitrogen and oxygen atoms in total. The molecule has 0 aliphatic carbocycles. The topological polar surface area (TPSA) is 179 Å². The third kappa shape index (κ3) is 8.99. The zero-order chi connectivity index (χ0) is 22.5. The summed E-state index contributed by atoms with van der Waals surface area (Å²) in [6, 6.07) is 0. The number of hydrogen-bond donors (Lipinski definition) is 4. The first-order valence-electron chi connectivity index (χ1n) is 9.32. The van der Waals surface area contributed by atoms with Gasteiger partial charge in [0, 0.05) is 13.1 Å². The molecule has 0 saturated carbocycles. The van der Waals surface area contributed by atoms with Gasteiger partial charge in [-0.3, -0.25) is 0 Å². The van der Waals surface area contributed by atoms with E-state index in [1.54, 1.807) is 6.92 Å². The van der Waals surface area contributed by atoms with E-state index in [0.29, 0.717) is 24.5 Å². The van der Waals surface area contributed by atoms with Gasteiger partial charge in [0.1, 0.15) is 24.7 Å². The summed E-state index contributed by atoms with van der Waals surface area (Å²) in [4.78, 5) is 14.2. The van der Waals surface area contributed by atoms with Gasteiger partial charge >= 0.3 is 26.1 Å². The molecule has 4 N–H and O–H groups in total. The normalized spacial score (nSPS) is 13.4. The maximum atomic E-state index is 11.1. The Kier molecular flexibility index (Phi) is 12.3. The predicted octanol–water partition coefficient (Wildman–Crippen LogP) is 2.11. The molecule has 174 valence electrons. The average Bonchev–Trinajstić information content (AvgIpc) is 3.11. The van der Waals surface area contributed by atoms with Crippen LogP contribution in [0.4, 0.5) is 5.95 Å². The molecular weight excluding hydrogens is 492 g/mol. The first-order valence-corrected chi connectivity index (χ1v) is 9.32. The third-order valence-corrected chi connectivity index (χ3v) is 5.09. The van der Waals surface area contributed by atoms with Crippen molar-refractivity contribution in [3.8, 4) is 0 Å². The van der Waals surface area contributed by atoms with Gasteiger partial charge in [-0.1, -0.05) is 29.1 Å². The minimum absolute atomic E-state index is 0. The fourth-order valence-corrected chi connectivity index (χ4v) is 2.45. The zero-order valence-electron chi connectivity index (χ0n) is 19.0. The Balaban J connectivity index is 0. The molecular formula is C18H33N7O5Tc+3. The molecule has 0 aromatic carbocycles. The standard InChI is InChI=1S/C18H33N7O4.O.Tc/c1-13(22-26)17(4,5)20-11-16(2,3)12-21-18(6,7)14(23-27)10-24-9-8-19-15(24)25(28)29;;/h8-9,20-21,26-27H,10-12H2,1-7H3;;/q;-2;+5/b22-13+,23-14+;;. The first kappa shape index (κ1) is 31.3. The Morgan fingerprint density at radius 2 is 1.65 bits per heavy atom. The van der Waals surface area contributed by atoms with Gasteiger partial charge in [-0.25, -0.2) is 4.57 Å². The second kappa shape index (κ2) is 12.2. The molecule has 0 atom stereocenters. The van der Waals surface area contributed by atoms with Gasteiger partial charge in [-0.15, -0.1) is 0 Å². The van der Waals surface area contributed by atoms with E-state index in [0.717, 1.165) is 0 Å². The Morgan fingerprint density at radius 1 is 1.13 bits per heavy atom. The molecule has 0 spiro atoms. The molecule has 1 heterocycles. The third-order valence-electron chi connectivity index (χ3n) is 5.09. The smallest absolute Gasteiger partial charge is 2.00 e. The van der Waals surface area contributed by atoms with Crippen molar-refractivity contribution >= 4 is 17.4 Å². The molecule has 0 saturated heterocycles. The summed E-state index contributed by atoms with van der Waals surface area (Å²) < 4.78 is 1.32. The van der Waals surface area contributed by atoms with Crippen molar-refractivity contribution < 1.29 is 40.9 Å². The maximum absolute atomic E-state index is 11.1. The molecule has 1 aromatic rings. The molecule has 0 aliphatic rings. The van der Waals surface area contributed by atoms with E-state index in [1.807, 2.05) is 27.7 Å². The van der Waals surface area contributed by atoms with Crippen molar-refractivity contribution in [2.24, 2.45) is 15.7 Å². The second-order valence-electron chi connectivity index (χ2n) is 8.97. The van der Waals surface area contributed by atoms with E-state index >= 15 is 0 Å². The number of rotatable bonds is 11. The number of nitro groups is 1. The number of oxime groups is 2. The van der Waals surface area contributed by atoms with Crippen molar-refractivity contribution in [2.45, 2.75) is 66.1 Å². The Bertz CT molecular complexity index is 775. The van der Waals surface area contributed by atoms with Crippen molar-refractivity contribution in [1.29, 1.82) is 0 Å². The zero-order valence-corrected chi connectivity index (χ0v) is 20.9. The maximum Gasteiger partial charge on any atom is 5.00 e. The average molecular weight is 526 g/mol. The van der Waals surface area contributed by atoms with Crippen LogP contribution in [0.5, 0.6) is 0 Å². The van der Waals surface area contributed by atoms with Crippen LogP contribution < -0.4 is 10.6 Å². The quantitative estimate of drug-likeness (QED) is 0.148. The largest absolute Gasteiger partial charge is 5.00 e. The summed E-state index contributed by atoms with van der Waals surface area (Å²) in [5.41, 5.74) is -0.447. The van der Waals surface area contributed by atoms with Gasteiger partial charge in [0.2, 0.25) is 0 Å². The molecule has 31 heavy (non-hydrogen) atoms. The van der Waals surface area contributed by atoms with Crippen molar-refractivity contribution in [1.82, 2.24) is 20.2 Å². The number of imidazole rings is 1. The predicted molar refractivity (Wildman–Crippen MR) is 112 cm³/mol. The van der Waals surface area contributed by atoms with Gasteiger partial charge < -0.3 is 36.6 Å². The van der Waals surface area contributed by atoms with E-state index < -0.39 is 16.0 Å².